The number of benzene rings is 3. The zero-order chi connectivity index (χ0) is 29.3. The van der Waals surface area contributed by atoms with Crippen LogP contribution in [-0.4, -0.2) is 32.4 Å². The quantitative estimate of drug-likeness (QED) is 0.173. The second kappa shape index (κ2) is 11.4. The molecule has 2 aromatic heterocycles. The number of nitrogens with zero attached hydrogens (tertiary/aromatic N) is 2. The Morgan fingerprint density at radius 3 is 2.61 bits per heavy atom. The number of H-pyrrole nitrogens is 1. The van der Waals surface area contributed by atoms with Crippen molar-refractivity contribution in [2.45, 2.75) is 32.6 Å². The van der Waals surface area contributed by atoms with Crippen molar-refractivity contribution in [3.63, 3.8) is 0 Å². The molecule has 3 aromatic carbocycles. The van der Waals surface area contributed by atoms with E-state index in [1.807, 2.05) is 0 Å². The van der Waals surface area contributed by atoms with Gasteiger partial charge in [-0.1, -0.05) is 25.1 Å². The van der Waals surface area contributed by atoms with Gasteiger partial charge in [0.15, 0.2) is 17.4 Å². The van der Waals surface area contributed by atoms with Crippen molar-refractivity contribution >= 4 is 16.9 Å². The molecule has 2 heterocycles. The summed E-state index contributed by atoms with van der Waals surface area (Å²) in [7, 11) is 0. The lowest BCUT2D eigenvalue weighted by atomic mass is 9.94. The fraction of sp³-hybridized carbons (Fsp3) is 0.200. The van der Waals surface area contributed by atoms with Crippen LogP contribution in [0.25, 0.3) is 16.6 Å². The predicted molar refractivity (Wildman–Crippen MR) is 143 cm³/mol. The van der Waals surface area contributed by atoms with Crippen molar-refractivity contribution in [3.8, 4) is 23.1 Å². The molecule has 7 nitrogen and oxygen atoms in total. The first-order chi connectivity index (χ1) is 19.7. The van der Waals surface area contributed by atoms with Gasteiger partial charge in [-0.25, -0.2) is 17.6 Å². The molecule has 0 saturated heterocycles. The maximum atomic E-state index is 15.3. The molecule has 5 rings (SSSR count). The summed E-state index contributed by atoms with van der Waals surface area (Å²) in [6.45, 7) is 3.65. The zero-order valence-corrected chi connectivity index (χ0v) is 22.1. The van der Waals surface area contributed by atoms with Gasteiger partial charge in [-0.2, -0.15) is 9.78 Å². The minimum absolute atomic E-state index is 0.0244. The topological polar surface area (TPSA) is 89.4 Å². The van der Waals surface area contributed by atoms with Gasteiger partial charge in [-0.3, -0.25) is 4.79 Å². The van der Waals surface area contributed by atoms with Crippen molar-refractivity contribution in [2.75, 3.05) is 6.61 Å². The van der Waals surface area contributed by atoms with E-state index >= 15 is 8.78 Å². The lowest BCUT2D eigenvalue weighted by Gasteiger charge is -2.13. The Morgan fingerprint density at radius 2 is 1.85 bits per heavy atom. The average Bonchev–Trinajstić information content (AvgIpc) is 3.58. The molecule has 5 aromatic rings. The molecule has 0 radical (unpaired) electrons. The number of aromatic amines is 1. The van der Waals surface area contributed by atoms with E-state index in [0.717, 1.165) is 12.1 Å². The summed E-state index contributed by atoms with van der Waals surface area (Å²) in [4.78, 5) is 13.7. The third-order valence-corrected chi connectivity index (χ3v) is 6.68. The van der Waals surface area contributed by atoms with Gasteiger partial charge in [-0.05, 0) is 42.7 Å². The Labute approximate surface area is 232 Å². The molecule has 1 atom stereocenters. The molecule has 0 spiro atoms. The van der Waals surface area contributed by atoms with Gasteiger partial charge in [0.1, 0.15) is 23.1 Å². The van der Waals surface area contributed by atoms with Crippen LogP contribution in [0.5, 0.6) is 17.4 Å². The minimum Gasteiger partial charge on any atom is -0.481 e. The largest absolute Gasteiger partial charge is 0.481 e. The second-order valence-electron chi connectivity index (χ2n) is 9.34. The number of carbonyl (C=O) groups is 1. The highest BCUT2D eigenvalue weighted by atomic mass is 19.1. The molecule has 1 unspecified atom stereocenters. The maximum absolute atomic E-state index is 15.3. The first-order valence-corrected chi connectivity index (χ1v) is 12.8. The lowest BCUT2D eigenvalue weighted by Crippen LogP contribution is -2.07. The van der Waals surface area contributed by atoms with Gasteiger partial charge in [0.25, 0.3) is 0 Å². The Balaban J connectivity index is 1.51. The average molecular weight is 568 g/mol. The number of rotatable bonds is 10. The second-order valence-corrected chi connectivity index (χ2v) is 9.34. The number of ether oxygens (including phenoxy) is 2. The van der Waals surface area contributed by atoms with Crippen LogP contribution in [0, 0.1) is 23.3 Å². The summed E-state index contributed by atoms with van der Waals surface area (Å²) in [6, 6.07) is 12.3. The summed E-state index contributed by atoms with van der Waals surface area (Å²) >= 11 is 0. The smallest absolute Gasteiger partial charge is 0.303 e. The van der Waals surface area contributed by atoms with Crippen LogP contribution >= 0.6 is 0 Å². The number of fused-ring (bicyclic) bond motifs is 1. The van der Waals surface area contributed by atoms with Gasteiger partial charge in [0.2, 0.25) is 5.88 Å². The molecule has 0 aliphatic rings. The number of aliphatic carboxylic acids is 1. The number of aromatic nitrogens is 3. The molecule has 41 heavy (non-hydrogen) atoms. The van der Waals surface area contributed by atoms with E-state index in [1.165, 1.54) is 35.1 Å². The van der Waals surface area contributed by atoms with Crippen molar-refractivity contribution in [1.29, 1.82) is 0 Å². The van der Waals surface area contributed by atoms with Crippen molar-refractivity contribution in [3.05, 3.63) is 101 Å². The molecular formula is C30H25F4N3O4. The van der Waals surface area contributed by atoms with Gasteiger partial charge in [0, 0.05) is 42.1 Å². The van der Waals surface area contributed by atoms with Crippen LogP contribution in [-0.2, 0) is 11.2 Å². The SMILES string of the molecule is CCOc1cc(C(C)c2cccc(CCC(=O)O)c2F)nn1-c1cc(Oc2c(F)cc3[nH]ccc3c2F)ccc1F. The van der Waals surface area contributed by atoms with E-state index in [1.54, 1.807) is 32.0 Å². The molecule has 0 fully saturated rings. The number of hydrogen-bond donors (Lipinski definition) is 2. The summed E-state index contributed by atoms with van der Waals surface area (Å²) in [6.07, 6.45) is 1.27. The van der Waals surface area contributed by atoms with E-state index in [2.05, 4.69) is 10.1 Å². The Bertz CT molecular complexity index is 1750. The van der Waals surface area contributed by atoms with Gasteiger partial charge >= 0.3 is 5.97 Å². The molecule has 2 N–H and O–H groups in total. The number of halogens is 4. The van der Waals surface area contributed by atoms with E-state index in [4.69, 9.17) is 14.6 Å². The predicted octanol–water partition coefficient (Wildman–Crippen LogP) is 7.27. The van der Waals surface area contributed by atoms with E-state index in [0.29, 0.717) is 5.69 Å². The highest BCUT2D eigenvalue weighted by molar-refractivity contribution is 5.82. The van der Waals surface area contributed by atoms with Crippen molar-refractivity contribution < 1.29 is 36.9 Å². The van der Waals surface area contributed by atoms with Crippen LogP contribution in [0.15, 0.2) is 60.8 Å². The lowest BCUT2D eigenvalue weighted by molar-refractivity contribution is -0.136. The van der Waals surface area contributed by atoms with Crippen LogP contribution in [0.4, 0.5) is 17.6 Å². The standard InChI is InChI=1S/C30H25F4N3O4/c1-3-40-26-15-23(16(2)19-6-4-5-17(28(19)33)7-10-27(38)39)36-37(26)25-13-18(8-9-21(25)31)41-30-22(32)14-24-20(29(30)34)11-12-35-24/h4-6,8-9,11-16,35H,3,7,10H2,1-2H3,(H,38,39). The molecule has 212 valence electrons. The number of hydrogen-bond acceptors (Lipinski definition) is 4. The van der Waals surface area contributed by atoms with E-state index in [-0.39, 0.29) is 58.8 Å². The van der Waals surface area contributed by atoms with E-state index in [9.17, 15) is 13.6 Å². The molecule has 0 aliphatic heterocycles. The third kappa shape index (κ3) is 5.47. The van der Waals surface area contributed by atoms with Gasteiger partial charge in [-0.15, -0.1) is 0 Å². The monoisotopic (exact) mass is 567 g/mol. The summed E-state index contributed by atoms with van der Waals surface area (Å²) in [5.74, 6) is -5.31. The normalized spacial score (nSPS) is 12.0. The van der Waals surface area contributed by atoms with E-state index < -0.39 is 40.9 Å². The van der Waals surface area contributed by atoms with Crippen LogP contribution in [0.1, 0.15) is 43.0 Å². The third-order valence-electron chi connectivity index (χ3n) is 6.68. The first kappa shape index (κ1) is 27.8. The van der Waals surface area contributed by atoms with Crippen LogP contribution in [0.2, 0.25) is 0 Å². The highest BCUT2D eigenvalue weighted by Crippen LogP contribution is 2.36. The number of carboxylic acids is 1. The molecule has 0 bridgehead atoms. The van der Waals surface area contributed by atoms with Crippen molar-refractivity contribution in [2.24, 2.45) is 0 Å². The van der Waals surface area contributed by atoms with Crippen LogP contribution < -0.4 is 9.47 Å². The van der Waals surface area contributed by atoms with Gasteiger partial charge < -0.3 is 19.6 Å². The minimum atomic E-state index is -1.04. The number of nitrogens with one attached hydrogen (secondary N) is 1. The maximum Gasteiger partial charge on any atom is 0.303 e. The fourth-order valence-electron chi connectivity index (χ4n) is 4.59. The molecule has 11 heteroatoms. The molecule has 0 amide bonds. The highest BCUT2D eigenvalue weighted by Gasteiger charge is 2.23. The summed E-state index contributed by atoms with van der Waals surface area (Å²) in [5, 5.41) is 13.6. The Morgan fingerprint density at radius 1 is 1.05 bits per heavy atom. The number of carboxylic acid groups (broad SMARTS) is 1. The summed E-state index contributed by atoms with van der Waals surface area (Å²) in [5.41, 5.74) is 1.03. The molecular weight excluding hydrogens is 542 g/mol. The fourth-order valence-corrected chi connectivity index (χ4v) is 4.59. The Kier molecular flexibility index (Phi) is 7.69. The first-order valence-electron chi connectivity index (χ1n) is 12.8. The van der Waals surface area contributed by atoms with Crippen molar-refractivity contribution in [1.82, 2.24) is 14.8 Å². The molecule has 0 saturated carbocycles. The zero-order valence-electron chi connectivity index (χ0n) is 22.1. The van der Waals surface area contributed by atoms with Crippen LogP contribution in [0.3, 0.4) is 0 Å². The number of aryl methyl sites for hydroxylation is 1. The molecule has 0 aliphatic carbocycles. The van der Waals surface area contributed by atoms with Gasteiger partial charge in [0.05, 0.1) is 17.8 Å². The summed E-state index contributed by atoms with van der Waals surface area (Å²) < 4.78 is 72.4. The Hall–Kier alpha value is -4.80.